The highest BCUT2D eigenvalue weighted by Crippen LogP contribution is 2.20. The third kappa shape index (κ3) is 3.25. The maximum absolute atomic E-state index is 12.2. The van der Waals surface area contributed by atoms with Gasteiger partial charge in [-0.3, -0.25) is 4.79 Å². The van der Waals surface area contributed by atoms with Crippen molar-refractivity contribution in [3.63, 3.8) is 0 Å². The number of nitrogens with zero attached hydrogens (tertiary/aromatic N) is 1. The van der Waals surface area contributed by atoms with Crippen LogP contribution in [0.15, 0.2) is 24.3 Å². The summed E-state index contributed by atoms with van der Waals surface area (Å²) in [6.07, 6.45) is 3.70. The van der Waals surface area contributed by atoms with Crippen LogP contribution in [0.5, 0.6) is 5.75 Å². The first kappa shape index (κ1) is 12.9. The molecule has 0 aromatic heterocycles. The van der Waals surface area contributed by atoms with E-state index in [2.05, 4.69) is 6.92 Å². The molecule has 2 rings (SSSR count). The van der Waals surface area contributed by atoms with Crippen molar-refractivity contribution in [1.82, 2.24) is 4.90 Å². The van der Waals surface area contributed by atoms with Gasteiger partial charge in [-0.25, -0.2) is 0 Å². The summed E-state index contributed by atoms with van der Waals surface area (Å²) < 4.78 is 0. The number of phenols is 1. The fourth-order valence-corrected chi connectivity index (χ4v) is 2.45. The number of carbonyl (C=O) groups is 1. The summed E-state index contributed by atoms with van der Waals surface area (Å²) in [6.45, 7) is 3.96. The third-order valence-electron chi connectivity index (χ3n) is 3.70. The van der Waals surface area contributed by atoms with E-state index in [1.54, 1.807) is 12.1 Å². The molecule has 1 atom stereocenters. The molecule has 1 N–H and O–H groups in total. The predicted octanol–water partition coefficient (Wildman–Crippen LogP) is 2.58. The van der Waals surface area contributed by atoms with Crippen LogP contribution in [0.25, 0.3) is 0 Å². The number of hydrogen-bond donors (Lipinski definition) is 1. The first-order chi connectivity index (χ1) is 8.66. The summed E-state index contributed by atoms with van der Waals surface area (Å²) in [7, 11) is 0. The maximum atomic E-state index is 12.2. The lowest BCUT2D eigenvalue weighted by atomic mass is 10.0. The van der Waals surface area contributed by atoms with Gasteiger partial charge in [0.15, 0.2) is 0 Å². The Kier molecular flexibility index (Phi) is 4.24. The van der Waals surface area contributed by atoms with Crippen LogP contribution < -0.4 is 0 Å². The lowest BCUT2D eigenvalue weighted by Gasteiger charge is -2.20. The van der Waals surface area contributed by atoms with Gasteiger partial charge in [-0.05, 0) is 31.2 Å². The Morgan fingerprint density at radius 1 is 1.33 bits per heavy atom. The van der Waals surface area contributed by atoms with Crippen LogP contribution in [0.4, 0.5) is 0 Å². The van der Waals surface area contributed by atoms with Crippen molar-refractivity contribution in [2.24, 2.45) is 5.92 Å². The van der Waals surface area contributed by atoms with Crippen molar-refractivity contribution >= 4 is 5.91 Å². The molecule has 98 valence electrons. The topological polar surface area (TPSA) is 40.5 Å². The Morgan fingerprint density at radius 3 is 2.89 bits per heavy atom. The van der Waals surface area contributed by atoms with E-state index < -0.39 is 0 Å². The number of rotatable bonds is 2. The van der Waals surface area contributed by atoms with Crippen molar-refractivity contribution in [2.45, 2.75) is 32.6 Å². The molecule has 18 heavy (non-hydrogen) atoms. The van der Waals surface area contributed by atoms with Crippen LogP contribution in [0.3, 0.4) is 0 Å². The number of benzene rings is 1. The van der Waals surface area contributed by atoms with Gasteiger partial charge in [0.25, 0.3) is 0 Å². The molecule has 1 amide bonds. The van der Waals surface area contributed by atoms with E-state index in [9.17, 15) is 9.90 Å². The minimum absolute atomic E-state index is 0.130. The highest BCUT2D eigenvalue weighted by atomic mass is 16.3. The fourth-order valence-electron chi connectivity index (χ4n) is 2.45. The zero-order chi connectivity index (χ0) is 13.0. The molecular formula is C15H21NO2. The van der Waals surface area contributed by atoms with Gasteiger partial charge >= 0.3 is 0 Å². The van der Waals surface area contributed by atoms with Gasteiger partial charge in [0.05, 0.1) is 6.42 Å². The number of likely N-dealkylation sites (tertiary alicyclic amines) is 1. The van der Waals surface area contributed by atoms with Crippen molar-refractivity contribution in [3.05, 3.63) is 29.8 Å². The Bertz CT molecular complexity index is 417. The molecule has 1 aliphatic rings. The van der Waals surface area contributed by atoms with Gasteiger partial charge < -0.3 is 10.0 Å². The monoisotopic (exact) mass is 247 g/mol. The van der Waals surface area contributed by atoms with Crippen molar-refractivity contribution in [3.8, 4) is 5.75 Å². The molecule has 1 fully saturated rings. The highest BCUT2D eigenvalue weighted by molar-refractivity contribution is 5.79. The third-order valence-corrected chi connectivity index (χ3v) is 3.70. The number of para-hydroxylation sites is 1. The Labute approximate surface area is 108 Å². The summed E-state index contributed by atoms with van der Waals surface area (Å²) in [6, 6.07) is 7.07. The summed E-state index contributed by atoms with van der Waals surface area (Å²) in [5.74, 6) is 1.06. The second-order valence-electron chi connectivity index (χ2n) is 5.22. The summed E-state index contributed by atoms with van der Waals surface area (Å²) in [5.41, 5.74) is 0.722. The lowest BCUT2D eigenvalue weighted by molar-refractivity contribution is -0.130. The SMILES string of the molecule is CC1CCCN(C(=O)Cc2ccccc2O)CC1. The largest absolute Gasteiger partial charge is 0.508 e. The van der Waals surface area contributed by atoms with E-state index in [-0.39, 0.29) is 11.7 Å². The van der Waals surface area contributed by atoms with Crippen LogP contribution in [0, 0.1) is 5.92 Å². The molecule has 1 aliphatic heterocycles. The zero-order valence-electron chi connectivity index (χ0n) is 10.9. The van der Waals surface area contributed by atoms with E-state index >= 15 is 0 Å². The van der Waals surface area contributed by atoms with Crippen molar-refractivity contribution < 1.29 is 9.90 Å². The second-order valence-corrected chi connectivity index (χ2v) is 5.22. The summed E-state index contributed by atoms with van der Waals surface area (Å²) in [4.78, 5) is 14.1. The Morgan fingerprint density at radius 2 is 2.11 bits per heavy atom. The van der Waals surface area contributed by atoms with Crippen LogP contribution in [0.2, 0.25) is 0 Å². The predicted molar refractivity (Wildman–Crippen MR) is 71.4 cm³/mol. The number of carbonyl (C=O) groups excluding carboxylic acids is 1. The van der Waals surface area contributed by atoms with Gasteiger partial charge in [-0.2, -0.15) is 0 Å². The van der Waals surface area contributed by atoms with E-state index in [4.69, 9.17) is 0 Å². The number of amides is 1. The fraction of sp³-hybridized carbons (Fsp3) is 0.533. The minimum atomic E-state index is 0.130. The molecule has 0 radical (unpaired) electrons. The van der Waals surface area contributed by atoms with E-state index in [0.717, 1.165) is 31.5 Å². The van der Waals surface area contributed by atoms with Gasteiger partial charge in [0, 0.05) is 18.7 Å². The highest BCUT2D eigenvalue weighted by Gasteiger charge is 2.19. The molecule has 1 aromatic carbocycles. The van der Waals surface area contributed by atoms with E-state index in [1.165, 1.54) is 6.42 Å². The zero-order valence-corrected chi connectivity index (χ0v) is 10.9. The first-order valence-corrected chi connectivity index (χ1v) is 6.71. The molecule has 3 nitrogen and oxygen atoms in total. The number of phenolic OH excluding ortho intramolecular Hbond substituents is 1. The Balaban J connectivity index is 1.97. The Hall–Kier alpha value is -1.51. The number of hydrogen-bond acceptors (Lipinski definition) is 2. The molecule has 0 spiro atoms. The molecule has 1 unspecified atom stereocenters. The van der Waals surface area contributed by atoms with Gasteiger partial charge in [0.1, 0.15) is 5.75 Å². The molecule has 1 saturated heterocycles. The molecule has 0 saturated carbocycles. The summed E-state index contributed by atoms with van der Waals surface area (Å²) >= 11 is 0. The van der Waals surface area contributed by atoms with Gasteiger partial charge in [0.2, 0.25) is 5.91 Å². The van der Waals surface area contributed by atoms with E-state index in [0.29, 0.717) is 12.3 Å². The standard InChI is InChI=1S/C15H21NO2/c1-12-5-4-9-16(10-8-12)15(18)11-13-6-2-3-7-14(13)17/h2-3,6-7,12,17H,4-5,8-11H2,1H3. The lowest BCUT2D eigenvalue weighted by Crippen LogP contribution is -2.33. The average molecular weight is 247 g/mol. The molecule has 1 aromatic rings. The van der Waals surface area contributed by atoms with Gasteiger partial charge in [-0.1, -0.05) is 25.1 Å². The molecule has 0 aliphatic carbocycles. The second kappa shape index (κ2) is 5.89. The average Bonchev–Trinajstić information content (AvgIpc) is 2.57. The molecule has 1 heterocycles. The molecular weight excluding hydrogens is 226 g/mol. The maximum Gasteiger partial charge on any atom is 0.227 e. The quantitative estimate of drug-likeness (QED) is 0.872. The van der Waals surface area contributed by atoms with E-state index in [1.807, 2.05) is 17.0 Å². The molecule has 0 bridgehead atoms. The minimum Gasteiger partial charge on any atom is -0.508 e. The smallest absolute Gasteiger partial charge is 0.227 e. The van der Waals surface area contributed by atoms with Crippen molar-refractivity contribution in [2.75, 3.05) is 13.1 Å². The number of aromatic hydroxyl groups is 1. The first-order valence-electron chi connectivity index (χ1n) is 6.71. The normalized spacial score (nSPS) is 20.5. The van der Waals surface area contributed by atoms with Crippen LogP contribution >= 0.6 is 0 Å². The van der Waals surface area contributed by atoms with Crippen LogP contribution in [0.1, 0.15) is 31.7 Å². The summed E-state index contributed by atoms with van der Waals surface area (Å²) in [5, 5.41) is 9.68. The molecule has 3 heteroatoms. The van der Waals surface area contributed by atoms with Crippen LogP contribution in [-0.4, -0.2) is 29.0 Å². The van der Waals surface area contributed by atoms with Gasteiger partial charge in [-0.15, -0.1) is 0 Å². The van der Waals surface area contributed by atoms with Crippen LogP contribution in [-0.2, 0) is 11.2 Å². The van der Waals surface area contributed by atoms with Crippen molar-refractivity contribution in [1.29, 1.82) is 0 Å².